The zero-order valence-corrected chi connectivity index (χ0v) is 69.6. The molecule has 0 aliphatic carbocycles. The average molecular weight is 1570 g/mol. The van der Waals surface area contributed by atoms with Gasteiger partial charge >= 0.3 is 39.5 Å². The fourth-order valence-electron chi connectivity index (χ4n) is 10.1. The number of aliphatic hydroxyl groups excluding tert-OH is 1. The number of hydrogen-bond donors (Lipinski definition) is 3. The molecule has 19 heteroatoms. The Morgan fingerprint density at radius 1 is 0.255 bits per heavy atom. The van der Waals surface area contributed by atoms with E-state index in [9.17, 15) is 43.2 Å². The highest BCUT2D eigenvalue weighted by Crippen LogP contribution is 2.45. The van der Waals surface area contributed by atoms with Gasteiger partial charge in [-0.25, -0.2) is 9.13 Å². The zero-order valence-electron chi connectivity index (χ0n) is 67.8. The Labute approximate surface area is 665 Å². The van der Waals surface area contributed by atoms with Crippen LogP contribution in [-0.2, 0) is 65.4 Å². The number of carbonyl (C=O) groups is 4. The third-order valence-electron chi connectivity index (χ3n) is 16.2. The summed E-state index contributed by atoms with van der Waals surface area (Å²) in [6.45, 7) is 4.24. The van der Waals surface area contributed by atoms with Crippen LogP contribution in [0.2, 0.25) is 0 Å². The smallest absolute Gasteiger partial charge is 0.462 e. The van der Waals surface area contributed by atoms with Crippen molar-refractivity contribution >= 4 is 39.5 Å². The number of carbonyl (C=O) groups excluding carboxylic acids is 4. The average Bonchev–Trinajstić information content (AvgIpc) is 0.906. The van der Waals surface area contributed by atoms with E-state index in [1.807, 2.05) is 18.2 Å². The number of aliphatic hydroxyl groups is 1. The van der Waals surface area contributed by atoms with Crippen molar-refractivity contribution < 1.29 is 80.2 Å². The summed E-state index contributed by atoms with van der Waals surface area (Å²) >= 11 is 0. The van der Waals surface area contributed by atoms with Gasteiger partial charge in [-0.05, 0) is 173 Å². The van der Waals surface area contributed by atoms with Crippen LogP contribution in [0, 0.1) is 0 Å². The van der Waals surface area contributed by atoms with Crippen molar-refractivity contribution in [1.82, 2.24) is 0 Å². The number of allylic oxidation sites excluding steroid dienone is 34. The number of rotatable bonds is 75. The maximum atomic E-state index is 13.1. The van der Waals surface area contributed by atoms with Gasteiger partial charge in [-0.3, -0.25) is 37.3 Å². The number of ether oxygens (including phenoxy) is 4. The molecule has 110 heavy (non-hydrogen) atoms. The van der Waals surface area contributed by atoms with Crippen molar-refractivity contribution in [1.29, 1.82) is 0 Å². The van der Waals surface area contributed by atoms with Crippen molar-refractivity contribution in [3.8, 4) is 0 Å². The molecule has 0 spiro atoms. The van der Waals surface area contributed by atoms with Crippen molar-refractivity contribution in [3.63, 3.8) is 0 Å². The van der Waals surface area contributed by atoms with Crippen LogP contribution in [0.1, 0.15) is 285 Å². The molecule has 0 bridgehead atoms. The van der Waals surface area contributed by atoms with Crippen molar-refractivity contribution in [2.24, 2.45) is 0 Å². The van der Waals surface area contributed by atoms with Gasteiger partial charge < -0.3 is 33.8 Å². The lowest BCUT2D eigenvalue weighted by Gasteiger charge is -2.21. The lowest BCUT2D eigenvalue weighted by atomic mass is 10.1. The molecule has 0 saturated heterocycles. The minimum absolute atomic E-state index is 0.0248. The van der Waals surface area contributed by atoms with Crippen LogP contribution in [0.15, 0.2) is 207 Å². The van der Waals surface area contributed by atoms with E-state index in [0.29, 0.717) is 38.5 Å². The first kappa shape index (κ1) is 104. The number of phosphoric acid groups is 2. The lowest BCUT2D eigenvalue weighted by Crippen LogP contribution is -2.30. The van der Waals surface area contributed by atoms with E-state index in [1.54, 1.807) is 0 Å². The summed E-state index contributed by atoms with van der Waals surface area (Å²) < 4.78 is 68.6. The minimum Gasteiger partial charge on any atom is -0.462 e. The highest BCUT2D eigenvalue weighted by Gasteiger charge is 2.30. The van der Waals surface area contributed by atoms with Gasteiger partial charge in [-0.1, -0.05) is 292 Å². The van der Waals surface area contributed by atoms with Crippen LogP contribution in [-0.4, -0.2) is 96.7 Å². The summed E-state index contributed by atoms with van der Waals surface area (Å²) in [6.07, 6.45) is 101. The molecule has 0 fully saturated rings. The van der Waals surface area contributed by atoms with E-state index in [-0.39, 0.29) is 25.7 Å². The summed E-state index contributed by atoms with van der Waals surface area (Å²) in [4.78, 5) is 73.2. The summed E-state index contributed by atoms with van der Waals surface area (Å²) in [5.41, 5.74) is 0. The number of phosphoric ester groups is 2. The first-order valence-corrected chi connectivity index (χ1v) is 44.3. The van der Waals surface area contributed by atoms with Crippen LogP contribution >= 0.6 is 15.6 Å². The Hall–Kier alpha value is -6.36. The highest BCUT2D eigenvalue weighted by atomic mass is 31.2. The molecule has 0 aliphatic rings. The van der Waals surface area contributed by atoms with Gasteiger partial charge in [0.05, 0.1) is 26.4 Å². The molecule has 0 aliphatic heterocycles. The predicted octanol–water partition coefficient (Wildman–Crippen LogP) is 24.7. The number of unbranched alkanes of at least 4 members (excludes halogenated alkanes) is 15. The molecule has 0 rings (SSSR count). The molecule has 620 valence electrons. The van der Waals surface area contributed by atoms with Crippen LogP contribution in [0.5, 0.6) is 0 Å². The monoisotopic (exact) mass is 1570 g/mol. The molecule has 0 radical (unpaired) electrons. The first-order valence-electron chi connectivity index (χ1n) is 41.3. The molecule has 0 aromatic heterocycles. The zero-order chi connectivity index (χ0) is 80.3. The second kappa shape index (κ2) is 80.7. The lowest BCUT2D eigenvalue weighted by molar-refractivity contribution is -0.161. The van der Waals surface area contributed by atoms with Crippen molar-refractivity contribution in [3.05, 3.63) is 207 Å². The van der Waals surface area contributed by atoms with Crippen molar-refractivity contribution in [2.45, 2.75) is 303 Å². The Kier molecular flexibility index (Phi) is 76.0. The largest absolute Gasteiger partial charge is 0.472 e. The second-order valence-corrected chi connectivity index (χ2v) is 29.4. The molecule has 0 saturated carbocycles. The second-order valence-electron chi connectivity index (χ2n) is 26.5. The van der Waals surface area contributed by atoms with Gasteiger partial charge in [0.2, 0.25) is 0 Å². The first-order chi connectivity index (χ1) is 53.7. The number of esters is 4. The maximum Gasteiger partial charge on any atom is 0.472 e. The van der Waals surface area contributed by atoms with E-state index >= 15 is 0 Å². The summed E-state index contributed by atoms with van der Waals surface area (Å²) in [5, 5.41) is 10.7. The SMILES string of the molecule is CC/C=C\C/C=C\C/C=C\C/C=C\C/C=C\C/C=C\CCC(=O)OCC(COP(=O)(O)OCC(O)COP(=O)(O)OCC(COC(=O)CCCCCCCC/C=C\C/C=C\C/C=C\C/C=C\CC)OC(=O)CCCC/C=C\C/C=C\C/C=C\C/C=C\CC)OC(=O)CCCCCCCCC/C=C\C/C=C\C/C=C\CC. The molecule has 0 aromatic rings. The highest BCUT2D eigenvalue weighted by molar-refractivity contribution is 7.47. The molecule has 5 unspecified atom stereocenters. The predicted molar refractivity (Wildman–Crippen MR) is 454 cm³/mol. The quantitative estimate of drug-likeness (QED) is 0.0169. The summed E-state index contributed by atoms with van der Waals surface area (Å²) in [7, 11) is -10.0. The standard InChI is InChI=1S/C91H144O17P2/c1-5-9-13-17-21-25-29-33-37-40-42-45-48-51-55-59-63-67-71-75-88(93)101-81-86(107-90(95)77-73-69-65-61-57-53-47-36-32-28-24-20-16-12-8-4)83-105-109(97,98)103-79-85(92)80-104-110(99,100)106-84-87(108-91(96)78-74-70-66-62-58-54-50-44-39-35-31-27-23-19-15-11-7-3)82-102-89(94)76-72-68-64-60-56-52-49-46-43-41-38-34-30-26-22-18-14-10-6-2/h9-16,21-28,33-39,42-43,45-47,52,56-57,61,64,68,85-87,92H,5-8,17-20,29-32,40-41,44,48-51,53-55,58-60,62-63,65-67,69-84H2,1-4H3,(H,97,98)(H,99,100)/b13-9-,14-10-,15-11-,16-12-,25-21-,26-22-,27-23-,28-24-,37-33-,38-34-,39-35-,45-42-,46-43-,47-36-,56-52-,61-57-,68-64-. The van der Waals surface area contributed by atoms with Crippen LogP contribution in [0.25, 0.3) is 0 Å². The molecule has 0 amide bonds. The maximum absolute atomic E-state index is 13.1. The molecular weight excluding hydrogens is 1430 g/mol. The van der Waals surface area contributed by atoms with Gasteiger partial charge in [0.1, 0.15) is 19.3 Å². The van der Waals surface area contributed by atoms with Crippen molar-refractivity contribution in [2.75, 3.05) is 39.6 Å². The van der Waals surface area contributed by atoms with Gasteiger partial charge in [0.15, 0.2) is 12.2 Å². The van der Waals surface area contributed by atoms with Crippen LogP contribution in [0.4, 0.5) is 0 Å². The number of hydrogen-bond acceptors (Lipinski definition) is 15. The molecule has 3 N–H and O–H groups in total. The normalized spacial score (nSPS) is 14.9. The van der Waals surface area contributed by atoms with E-state index in [4.69, 9.17) is 37.0 Å². The topological polar surface area (TPSA) is 237 Å². The van der Waals surface area contributed by atoms with E-state index in [0.717, 1.165) is 193 Å². The fourth-order valence-corrected chi connectivity index (χ4v) is 11.7. The molecular formula is C91H144O17P2. The van der Waals surface area contributed by atoms with Gasteiger partial charge in [-0.15, -0.1) is 0 Å². The van der Waals surface area contributed by atoms with Gasteiger partial charge in [0.25, 0.3) is 0 Å². The summed E-state index contributed by atoms with van der Waals surface area (Å²) in [5.74, 6) is -2.37. The Balaban J connectivity index is 5.51. The summed E-state index contributed by atoms with van der Waals surface area (Å²) in [6, 6.07) is 0. The van der Waals surface area contributed by atoms with Crippen LogP contribution < -0.4 is 0 Å². The Morgan fingerprint density at radius 2 is 0.464 bits per heavy atom. The van der Waals surface area contributed by atoms with E-state index in [1.165, 1.54) is 0 Å². The molecule has 17 nitrogen and oxygen atoms in total. The minimum atomic E-state index is -5.02. The molecule has 0 heterocycles. The van der Waals surface area contributed by atoms with E-state index < -0.39 is 97.5 Å². The van der Waals surface area contributed by atoms with Gasteiger partial charge in [-0.2, -0.15) is 0 Å². The molecule has 0 aromatic carbocycles. The van der Waals surface area contributed by atoms with E-state index in [2.05, 4.69) is 216 Å². The third-order valence-corrected chi connectivity index (χ3v) is 18.1. The van der Waals surface area contributed by atoms with Crippen LogP contribution in [0.3, 0.4) is 0 Å². The third kappa shape index (κ3) is 79.7. The Bertz CT molecular complexity index is 2900. The molecule has 5 atom stereocenters. The fraction of sp³-hybridized carbons (Fsp3) is 0.582. The van der Waals surface area contributed by atoms with Gasteiger partial charge in [0, 0.05) is 25.7 Å². The Morgan fingerprint density at radius 3 is 0.755 bits per heavy atom.